The molecular weight excluding hydrogens is 332 g/mol. The lowest BCUT2D eigenvalue weighted by molar-refractivity contribution is 0.0815. The molecule has 3 aromatic heterocycles. The maximum Gasteiger partial charge on any atom is 0.407 e. The van der Waals surface area contributed by atoms with Gasteiger partial charge in [-0.2, -0.15) is 0 Å². The smallest absolute Gasteiger partial charge is 0.407 e. The number of anilines is 1. The lowest BCUT2D eigenvalue weighted by Crippen LogP contribution is -2.41. The zero-order valence-corrected chi connectivity index (χ0v) is 14.9. The highest BCUT2D eigenvalue weighted by molar-refractivity contribution is 6.08. The Morgan fingerprint density at radius 1 is 1.31 bits per heavy atom. The number of fused-ring (bicyclic) bond motifs is 3. The summed E-state index contributed by atoms with van der Waals surface area (Å²) in [6.07, 6.45) is 6.41. The average molecular weight is 354 g/mol. The molecule has 4 rings (SSSR count). The van der Waals surface area contributed by atoms with Gasteiger partial charge in [0.15, 0.2) is 5.65 Å². The lowest BCUT2D eigenvalue weighted by atomic mass is 10.1. The van der Waals surface area contributed by atoms with Crippen molar-refractivity contribution in [2.45, 2.75) is 38.8 Å². The molecule has 0 aliphatic carbocycles. The van der Waals surface area contributed by atoms with E-state index < -0.39 is 0 Å². The zero-order valence-electron chi connectivity index (χ0n) is 14.9. The van der Waals surface area contributed by atoms with Crippen molar-refractivity contribution in [3.8, 4) is 0 Å². The molecule has 0 radical (unpaired) electrons. The van der Waals surface area contributed by atoms with Crippen molar-refractivity contribution >= 4 is 33.8 Å². The van der Waals surface area contributed by atoms with Crippen LogP contribution in [0.4, 0.5) is 10.6 Å². The largest absolute Gasteiger partial charge is 0.446 e. The Morgan fingerprint density at radius 2 is 2.12 bits per heavy atom. The number of hydrogen-bond acceptors (Lipinski definition) is 6. The van der Waals surface area contributed by atoms with Crippen LogP contribution in [0.25, 0.3) is 21.9 Å². The van der Waals surface area contributed by atoms with Gasteiger partial charge in [0.2, 0.25) is 0 Å². The molecule has 0 spiro atoms. The van der Waals surface area contributed by atoms with Crippen molar-refractivity contribution < 1.29 is 9.53 Å². The first kappa shape index (κ1) is 16.6. The Labute approximate surface area is 151 Å². The minimum atomic E-state index is -0.341. The monoisotopic (exact) mass is 354 g/mol. The number of aromatic amines is 1. The molecule has 3 aromatic rings. The highest BCUT2D eigenvalue weighted by atomic mass is 16.6. The molecule has 0 aromatic carbocycles. The number of nitrogens with zero attached hydrogens (tertiary/aromatic N) is 4. The maximum atomic E-state index is 11.8. The van der Waals surface area contributed by atoms with Crippen LogP contribution in [0.3, 0.4) is 0 Å². The van der Waals surface area contributed by atoms with Gasteiger partial charge >= 0.3 is 6.09 Å². The molecule has 8 nitrogen and oxygen atoms in total. The minimum absolute atomic E-state index is 0.0613. The van der Waals surface area contributed by atoms with Gasteiger partial charge in [0.05, 0.1) is 23.4 Å². The van der Waals surface area contributed by atoms with E-state index in [0.29, 0.717) is 0 Å². The van der Waals surface area contributed by atoms with Crippen LogP contribution in [0.15, 0.2) is 24.8 Å². The van der Waals surface area contributed by atoms with E-state index in [-0.39, 0.29) is 18.2 Å². The average Bonchev–Trinajstić information content (AvgIpc) is 3.10. The molecule has 0 unspecified atom stereocenters. The molecule has 1 fully saturated rings. The molecule has 0 atom stereocenters. The highest BCUT2D eigenvalue weighted by Gasteiger charge is 2.25. The number of aromatic nitrogens is 4. The summed E-state index contributed by atoms with van der Waals surface area (Å²) in [5, 5.41) is 4.80. The van der Waals surface area contributed by atoms with Crippen molar-refractivity contribution in [1.82, 2.24) is 25.3 Å². The highest BCUT2D eigenvalue weighted by Crippen LogP contribution is 2.31. The quantitative estimate of drug-likeness (QED) is 0.750. The SMILES string of the molecule is CC(C)NC(=O)OC1CCN(c2nc[nH]c3cnc4nccc4c23)CC1. The molecule has 26 heavy (non-hydrogen) atoms. The third-order valence-electron chi connectivity index (χ3n) is 4.59. The number of H-pyrrole nitrogens is 1. The Morgan fingerprint density at radius 3 is 2.88 bits per heavy atom. The summed E-state index contributed by atoms with van der Waals surface area (Å²) in [4.78, 5) is 30.4. The minimum Gasteiger partial charge on any atom is -0.446 e. The number of carbonyl (C=O) groups is 1. The molecule has 0 saturated carbocycles. The van der Waals surface area contributed by atoms with E-state index >= 15 is 0 Å². The first-order valence-corrected chi connectivity index (χ1v) is 8.90. The van der Waals surface area contributed by atoms with Crippen LogP contribution in [0.5, 0.6) is 0 Å². The standard InChI is InChI=1S/C18H22N6O2/c1-11(2)23-18(25)26-12-4-7-24(8-5-12)17-15-13-3-6-19-16(13)20-9-14(15)21-10-22-17/h3,6,9-12H,4-5,7-8H2,1-2H3,(H,21,22)(H,23,25). The van der Waals surface area contributed by atoms with Crippen LogP contribution in [0, 0.1) is 0 Å². The molecule has 4 heterocycles. The van der Waals surface area contributed by atoms with E-state index in [4.69, 9.17) is 4.74 Å². The van der Waals surface area contributed by atoms with Gasteiger partial charge in [-0.1, -0.05) is 0 Å². The molecule has 1 saturated heterocycles. The normalized spacial score (nSPS) is 15.7. The van der Waals surface area contributed by atoms with Crippen LogP contribution in [-0.2, 0) is 4.74 Å². The molecule has 0 bridgehead atoms. The van der Waals surface area contributed by atoms with E-state index in [2.05, 4.69) is 30.2 Å². The van der Waals surface area contributed by atoms with Gasteiger partial charge in [0, 0.05) is 43.6 Å². The van der Waals surface area contributed by atoms with Gasteiger partial charge in [-0.15, -0.1) is 0 Å². The number of ether oxygens (including phenoxy) is 1. The van der Waals surface area contributed by atoms with Crippen LogP contribution in [0.2, 0.25) is 0 Å². The number of rotatable bonds is 3. The molecule has 8 heteroatoms. The van der Waals surface area contributed by atoms with E-state index in [1.54, 1.807) is 18.7 Å². The predicted octanol–water partition coefficient (Wildman–Crippen LogP) is 2.61. The predicted molar refractivity (Wildman–Crippen MR) is 99.2 cm³/mol. The fourth-order valence-corrected chi connectivity index (χ4v) is 3.38. The van der Waals surface area contributed by atoms with E-state index in [1.165, 1.54) is 0 Å². The number of piperidine rings is 1. The van der Waals surface area contributed by atoms with Crippen molar-refractivity contribution in [1.29, 1.82) is 0 Å². The number of amides is 1. The van der Waals surface area contributed by atoms with E-state index in [0.717, 1.165) is 53.7 Å². The third kappa shape index (κ3) is 3.14. The number of carbonyl (C=O) groups excluding carboxylic acids is 1. The summed E-state index contributed by atoms with van der Waals surface area (Å²) in [6.45, 7) is 5.40. The van der Waals surface area contributed by atoms with Gasteiger partial charge in [-0.05, 0) is 19.9 Å². The molecular formula is C18H22N6O2. The second-order valence-electron chi connectivity index (χ2n) is 6.85. The number of nitrogens with one attached hydrogen (secondary N) is 2. The molecule has 1 aliphatic rings. The summed E-state index contributed by atoms with van der Waals surface area (Å²) in [7, 11) is 0. The summed E-state index contributed by atoms with van der Waals surface area (Å²) in [5.41, 5.74) is 1.66. The maximum absolute atomic E-state index is 11.8. The summed E-state index contributed by atoms with van der Waals surface area (Å²) in [6, 6.07) is 2.04. The van der Waals surface area contributed by atoms with Gasteiger partial charge in [0.1, 0.15) is 11.9 Å². The summed E-state index contributed by atoms with van der Waals surface area (Å²) < 4.78 is 5.51. The zero-order chi connectivity index (χ0) is 18.1. The van der Waals surface area contributed by atoms with Gasteiger partial charge in [0.25, 0.3) is 0 Å². The van der Waals surface area contributed by atoms with Gasteiger partial charge in [-0.25, -0.2) is 19.7 Å². The fourth-order valence-electron chi connectivity index (χ4n) is 3.38. The molecule has 1 aliphatic heterocycles. The number of hydrogen-bond donors (Lipinski definition) is 2. The number of alkyl carbamates (subject to hydrolysis) is 1. The van der Waals surface area contributed by atoms with Gasteiger partial charge in [-0.3, -0.25) is 0 Å². The number of pyridine rings is 1. The van der Waals surface area contributed by atoms with Crippen LogP contribution in [0.1, 0.15) is 26.7 Å². The first-order chi connectivity index (χ1) is 12.6. The van der Waals surface area contributed by atoms with E-state index in [9.17, 15) is 4.79 Å². The van der Waals surface area contributed by atoms with Crippen LogP contribution in [-0.4, -0.2) is 51.3 Å². The van der Waals surface area contributed by atoms with Crippen molar-refractivity contribution in [3.63, 3.8) is 0 Å². The lowest BCUT2D eigenvalue weighted by Gasteiger charge is -2.33. The Hall–Kier alpha value is -2.90. The van der Waals surface area contributed by atoms with E-state index in [1.807, 2.05) is 19.9 Å². The fraction of sp³-hybridized carbons (Fsp3) is 0.444. The first-order valence-electron chi connectivity index (χ1n) is 8.90. The van der Waals surface area contributed by atoms with Gasteiger partial charge < -0.3 is 19.9 Å². The molecule has 1 amide bonds. The van der Waals surface area contributed by atoms with Crippen LogP contribution >= 0.6 is 0 Å². The van der Waals surface area contributed by atoms with Crippen molar-refractivity contribution in [3.05, 3.63) is 24.8 Å². The second kappa shape index (κ2) is 6.78. The Bertz CT molecular complexity index is 930. The van der Waals surface area contributed by atoms with Crippen LogP contribution < -0.4 is 10.2 Å². The Kier molecular flexibility index (Phi) is 4.32. The van der Waals surface area contributed by atoms with Crippen molar-refractivity contribution in [2.75, 3.05) is 18.0 Å². The molecule has 136 valence electrons. The summed E-state index contributed by atoms with van der Waals surface area (Å²) >= 11 is 0. The molecule has 2 N–H and O–H groups in total. The summed E-state index contributed by atoms with van der Waals surface area (Å²) in [5.74, 6) is 0.921. The van der Waals surface area contributed by atoms with Crippen molar-refractivity contribution in [2.24, 2.45) is 0 Å². The Balaban J connectivity index is 1.53. The topological polar surface area (TPSA) is 96.0 Å². The second-order valence-corrected chi connectivity index (χ2v) is 6.85. The third-order valence-corrected chi connectivity index (χ3v) is 4.59.